The van der Waals surface area contributed by atoms with E-state index >= 15 is 0 Å². The van der Waals surface area contributed by atoms with E-state index in [1.807, 2.05) is 13.8 Å². The van der Waals surface area contributed by atoms with Crippen molar-refractivity contribution >= 4 is 23.2 Å². The van der Waals surface area contributed by atoms with Crippen molar-refractivity contribution in [3.63, 3.8) is 0 Å². The average molecular weight is 327 g/mol. The molecule has 0 aliphatic rings. The third-order valence-electron chi connectivity index (χ3n) is 3.21. The third kappa shape index (κ3) is 3.39. The normalized spacial score (nSPS) is 11.1. The maximum absolute atomic E-state index is 12.6. The Balaban J connectivity index is 2.63. The summed E-state index contributed by atoms with van der Waals surface area (Å²) in [6.45, 7) is 4.41. The van der Waals surface area contributed by atoms with Crippen LogP contribution in [-0.2, 0) is 6.54 Å². The van der Waals surface area contributed by atoms with E-state index in [0.717, 1.165) is 6.42 Å². The number of rotatable bonds is 4. The SMILES string of the molecule is CC(C)CCn1c(=O)[nH]c(Cl)c(-c2ccccc2Cl)c1=O. The zero-order valence-corrected chi connectivity index (χ0v) is 13.3. The van der Waals surface area contributed by atoms with E-state index in [4.69, 9.17) is 23.2 Å². The highest BCUT2D eigenvalue weighted by Gasteiger charge is 2.16. The number of nitrogens with one attached hydrogen (secondary N) is 1. The molecule has 0 radical (unpaired) electrons. The number of benzene rings is 1. The Morgan fingerprint density at radius 3 is 2.48 bits per heavy atom. The van der Waals surface area contributed by atoms with Crippen LogP contribution < -0.4 is 11.2 Å². The van der Waals surface area contributed by atoms with Crippen molar-refractivity contribution in [1.82, 2.24) is 9.55 Å². The fourth-order valence-corrected chi connectivity index (χ4v) is 2.53. The maximum Gasteiger partial charge on any atom is 0.329 e. The van der Waals surface area contributed by atoms with Gasteiger partial charge in [-0.05, 0) is 18.4 Å². The minimum Gasteiger partial charge on any atom is -0.297 e. The van der Waals surface area contributed by atoms with Gasteiger partial charge in [-0.15, -0.1) is 0 Å². The van der Waals surface area contributed by atoms with Crippen LogP contribution in [0.5, 0.6) is 0 Å². The Morgan fingerprint density at radius 2 is 1.86 bits per heavy atom. The number of nitrogens with zero attached hydrogens (tertiary/aromatic N) is 1. The predicted molar refractivity (Wildman–Crippen MR) is 86.2 cm³/mol. The van der Waals surface area contributed by atoms with Gasteiger partial charge in [-0.3, -0.25) is 14.3 Å². The van der Waals surface area contributed by atoms with Gasteiger partial charge in [0.15, 0.2) is 0 Å². The van der Waals surface area contributed by atoms with E-state index < -0.39 is 11.2 Å². The largest absolute Gasteiger partial charge is 0.329 e. The zero-order valence-electron chi connectivity index (χ0n) is 11.8. The molecule has 0 aliphatic carbocycles. The summed E-state index contributed by atoms with van der Waals surface area (Å²) in [4.78, 5) is 27.0. The van der Waals surface area contributed by atoms with Crippen molar-refractivity contribution < 1.29 is 0 Å². The molecule has 2 aromatic rings. The first-order valence-corrected chi connectivity index (χ1v) is 7.45. The molecule has 6 heteroatoms. The van der Waals surface area contributed by atoms with E-state index in [1.54, 1.807) is 24.3 Å². The Kier molecular flexibility index (Phi) is 4.91. The number of halogens is 2. The molecule has 0 atom stereocenters. The highest BCUT2D eigenvalue weighted by molar-refractivity contribution is 6.35. The van der Waals surface area contributed by atoms with Crippen LogP contribution in [0.3, 0.4) is 0 Å². The Labute approximate surface area is 132 Å². The first kappa shape index (κ1) is 15.9. The molecule has 4 nitrogen and oxygen atoms in total. The highest BCUT2D eigenvalue weighted by Crippen LogP contribution is 2.28. The topological polar surface area (TPSA) is 54.9 Å². The van der Waals surface area contributed by atoms with Crippen molar-refractivity contribution in [2.45, 2.75) is 26.8 Å². The van der Waals surface area contributed by atoms with Gasteiger partial charge in [0.25, 0.3) is 5.56 Å². The summed E-state index contributed by atoms with van der Waals surface area (Å²) in [7, 11) is 0. The van der Waals surface area contributed by atoms with Crippen LogP contribution in [0.1, 0.15) is 20.3 Å². The highest BCUT2D eigenvalue weighted by atomic mass is 35.5. The zero-order chi connectivity index (χ0) is 15.6. The number of aromatic nitrogens is 2. The molecule has 0 unspecified atom stereocenters. The number of aromatic amines is 1. The van der Waals surface area contributed by atoms with Gasteiger partial charge in [-0.1, -0.05) is 55.2 Å². The van der Waals surface area contributed by atoms with Gasteiger partial charge in [-0.25, -0.2) is 4.79 Å². The van der Waals surface area contributed by atoms with Gasteiger partial charge in [0.05, 0.1) is 5.56 Å². The summed E-state index contributed by atoms with van der Waals surface area (Å²) >= 11 is 12.2. The smallest absolute Gasteiger partial charge is 0.297 e. The van der Waals surface area contributed by atoms with E-state index in [9.17, 15) is 9.59 Å². The Hall–Kier alpha value is -1.52. The molecule has 1 N–H and O–H groups in total. The van der Waals surface area contributed by atoms with Crippen LogP contribution in [-0.4, -0.2) is 9.55 Å². The molecule has 0 fully saturated rings. The molecule has 0 bridgehead atoms. The molecule has 0 saturated carbocycles. The second-order valence-corrected chi connectivity index (χ2v) is 6.02. The van der Waals surface area contributed by atoms with Crippen molar-refractivity contribution in [2.75, 3.05) is 0 Å². The van der Waals surface area contributed by atoms with E-state index in [1.165, 1.54) is 4.57 Å². The number of H-pyrrole nitrogens is 1. The lowest BCUT2D eigenvalue weighted by atomic mass is 10.1. The number of hydrogen-bond donors (Lipinski definition) is 1. The van der Waals surface area contributed by atoms with E-state index in [-0.39, 0.29) is 10.7 Å². The van der Waals surface area contributed by atoms with Crippen molar-refractivity contribution in [2.24, 2.45) is 5.92 Å². The fourth-order valence-electron chi connectivity index (χ4n) is 2.03. The van der Waals surface area contributed by atoms with E-state index in [0.29, 0.717) is 23.0 Å². The second kappa shape index (κ2) is 6.50. The molecule has 1 aromatic heterocycles. The Bertz CT molecular complexity index is 763. The van der Waals surface area contributed by atoms with Crippen LogP contribution in [0.4, 0.5) is 0 Å². The van der Waals surface area contributed by atoms with Crippen LogP contribution >= 0.6 is 23.2 Å². The number of hydrogen-bond acceptors (Lipinski definition) is 2. The van der Waals surface area contributed by atoms with Gasteiger partial charge >= 0.3 is 5.69 Å². The molecule has 1 aromatic carbocycles. The van der Waals surface area contributed by atoms with Crippen LogP contribution in [0.2, 0.25) is 10.2 Å². The maximum atomic E-state index is 12.6. The molecule has 2 rings (SSSR count). The van der Waals surface area contributed by atoms with E-state index in [2.05, 4.69) is 4.98 Å². The fraction of sp³-hybridized carbons (Fsp3) is 0.333. The molecule has 0 spiro atoms. The monoisotopic (exact) mass is 326 g/mol. The first-order chi connectivity index (χ1) is 9.91. The lowest BCUT2D eigenvalue weighted by Gasteiger charge is -2.11. The van der Waals surface area contributed by atoms with Gasteiger partial charge < -0.3 is 0 Å². The second-order valence-electron chi connectivity index (χ2n) is 5.24. The molecule has 1 heterocycles. The van der Waals surface area contributed by atoms with Gasteiger partial charge in [0.2, 0.25) is 0 Å². The summed E-state index contributed by atoms with van der Waals surface area (Å²) in [5.74, 6) is 0.385. The summed E-state index contributed by atoms with van der Waals surface area (Å²) in [5, 5.41) is 0.429. The Morgan fingerprint density at radius 1 is 1.19 bits per heavy atom. The molecule has 112 valence electrons. The molecular weight excluding hydrogens is 311 g/mol. The quantitative estimate of drug-likeness (QED) is 0.873. The lowest BCUT2D eigenvalue weighted by Crippen LogP contribution is -2.36. The standard InChI is InChI=1S/C15H16Cl2N2O2/c1-9(2)7-8-19-14(20)12(13(17)18-15(19)21)10-5-3-4-6-11(10)16/h3-6,9H,7-8H2,1-2H3,(H,18,21). The van der Waals surface area contributed by atoms with Crippen LogP contribution in [0, 0.1) is 5.92 Å². The summed E-state index contributed by atoms with van der Waals surface area (Å²) < 4.78 is 1.17. The third-order valence-corrected chi connectivity index (χ3v) is 3.83. The molecular formula is C15H16Cl2N2O2. The minimum absolute atomic E-state index is 0.0129. The van der Waals surface area contributed by atoms with Crippen molar-refractivity contribution in [1.29, 1.82) is 0 Å². The molecule has 0 aliphatic heterocycles. The van der Waals surface area contributed by atoms with Gasteiger partial charge in [-0.2, -0.15) is 0 Å². The van der Waals surface area contributed by atoms with Gasteiger partial charge in [0, 0.05) is 17.1 Å². The van der Waals surface area contributed by atoms with Crippen LogP contribution in [0.15, 0.2) is 33.9 Å². The van der Waals surface area contributed by atoms with Crippen LogP contribution in [0.25, 0.3) is 11.1 Å². The molecule has 21 heavy (non-hydrogen) atoms. The summed E-state index contributed by atoms with van der Waals surface area (Å²) in [5.41, 5.74) is -0.173. The summed E-state index contributed by atoms with van der Waals surface area (Å²) in [6, 6.07) is 6.91. The predicted octanol–water partition coefficient (Wildman–Crippen LogP) is 3.56. The first-order valence-electron chi connectivity index (χ1n) is 6.69. The molecule has 0 amide bonds. The average Bonchev–Trinajstić information content (AvgIpc) is 2.40. The van der Waals surface area contributed by atoms with Gasteiger partial charge in [0.1, 0.15) is 5.15 Å². The molecule has 0 saturated heterocycles. The lowest BCUT2D eigenvalue weighted by molar-refractivity contribution is 0.495. The van der Waals surface area contributed by atoms with Crippen molar-refractivity contribution in [3.05, 3.63) is 55.3 Å². The summed E-state index contributed by atoms with van der Waals surface area (Å²) in [6.07, 6.45) is 0.729. The minimum atomic E-state index is -0.499. The van der Waals surface area contributed by atoms with Crippen molar-refractivity contribution in [3.8, 4) is 11.1 Å².